The normalized spacial score (nSPS) is 10.6. The van der Waals surface area contributed by atoms with Crippen LogP contribution in [0.3, 0.4) is 0 Å². The fraction of sp³-hybridized carbons (Fsp3) is 0. The second-order valence-corrected chi connectivity index (χ2v) is 5.14. The number of nitrogens with two attached hydrogens (primary N) is 1. The number of nitrogens with zero attached hydrogens (tertiary/aromatic N) is 6. The van der Waals surface area contributed by atoms with Gasteiger partial charge in [0.15, 0.2) is 5.65 Å². The summed E-state index contributed by atoms with van der Waals surface area (Å²) in [6.45, 7) is 0. The third-order valence-corrected chi connectivity index (χ3v) is 3.73. The van der Waals surface area contributed by atoms with Crippen LogP contribution in [0.4, 0.5) is 5.82 Å². The van der Waals surface area contributed by atoms with Crippen LogP contribution in [0.2, 0.25) is 0 Å². The minimum Gasteiger partial charge on any atom is -0.383 e. The number of fused-ring (bicyclic) bond motifs is 1. The van der Waals surface area contributed by atoms with Crippen LogP contribution in [0.15, 0.2) is 55.2 Å². The van der Waals surface area contributed by atoms with Crippen molar-refractivity contribution in [3.05, 3.63) is 60.8 Å². The van der Waals surface area contributed by atoms with Crippen molar-refractivity contribution in [3.8, 4) is 28.5 Å². The summed E-state index contributed by atoms with van der Waals surface area (Å²) in [5, 5.41) is 13.6. The van der Waals surface area contributed by atoms with Crippen LogP contribution >= 0.6 is 0 Å². The van der Waals surface area contributed by atoms with Crippen LogP contribution in [-0.4, -0.2) is 24.6 Å². The first kappa shape index (κ1) is 13.8. The fourth-order valence-electron chi connectivity index (χ4n) is 2.56. The number of hydrogen-bond donors (Lipinski definition) is 1. The number of aromatic nitrogens is 5. The highest BCUT2D eigenvalue weighted by Gasteiger charge is 2.14. The predicted octanol–water partition coefficient (Wildman–Crippen LogP) is 2.31. The average molecular weight is 313 g/mol. The molecule has 4 heterocycles. The van der Waals surface area contributed by atoms with E-state index in [1.807, 2.05) is 30.3 Å². The Morgan fingerprint density at radius 1 is 1.08 bits per heavy atom. The van der Waals surface area contributed by atoms with Crippen LogP contribution in [0, 0.1) is 11.3 Å². The van der Waals surface area contributed by atoms with E-state index in [0.717, 1.165) is 11.1 Å². The van der Waals surface area contributed by atoms with Crippen molar-refractivity contribution in [1.82, 2.24) is 24.6 Å². The minimum absolute atomic E-state index is 0.197. The quantitative estimate of drug-likeness (QED) is 0.608. The van der Waals surface area contributed by atoms with Crippen LogP contribution < -0.4 is 5.73 Å². The molecule has 4 rings (SSSR count). The number of pyridine rings is 3. The second-order valence-electron chi connectivity index (χ2n) is 5.14. The molecule has 0 aromatic carbocycles. The number of nitriles is 1. The molecule has 0 bridgehead atoms. The molecule has 4 aromatic heterocycles. The Bertz CT molecular complexity index is 1080. The monoisotopic (exact) mass is 313 g/mol. The molecule has 114 valence electrons. The molecule has 0 fully saturated rings. The molecule has 24 heavy (non-hydrogen) atoms. The van der Waals surface area contributed by atoms with Gasteiger partial charge in [0, 0.05) is 29.7 Å². The van der Waals surface area contributed by atoms with Gasteiger partial charge in [-0.1, -0.05) is 0 Å². The van der Waals surface area contributed by atoms with E-state index in [0.29, 0.717) is 22.5 Å². The predicted molar refractivity (Wildman–Crippen MR) is 88.6 cm³/mol. The van der Waals surface area contributed by atoms with E-state index in [1.165, 1.54) is 6.33 Å². The summed E-state index contributed by atoms with van der Waals surface area (Å²) < 4.78 is 1.66. The third kappa shape index (κ3) is 2.23. The maximum atomic E-state index is 9.48. The summed E-state index contributed by atoms with van der Waals surface area (Å²) in [7, 11) is 0. The topological polar surface area (TPSA) is 106 Å². The Morgan fingerprint density at radius 2 is 1.92 bits per heavy atom. The van der Waals surface area contributed by atoms with Crippen molar-refractivity contribution >= 4 is 11.5 Å². The highest BCUT2D eigenvalue weighted by Crippen LogP contribution is 2.31. The largest absolute Gasteiger partial charge is 0.383 e. The Balaban J connectivity index is 1.96. The summed E-state index contributed by atoms with van der Waals surface area (Å²) in [4.78, 5) is 12.5. The highest BCUT2D eigenvalue weighted by atomic mass is 15.3. The third-order valence-electron chi connectivity index (χ3n) is 3.73. The zero-order valence-electron chi connectivity index (χ0n) is 12.5. The molecule has 0 aliphatic heterocycles. The maximum absolute atomic E-state index is 9.48. The summed E-state index contributed by atoms with van der Waals surface area (Å²) in [6.07, 6.45) is 6.65. The molecule has 0 spiro atoms. The second kappa shape index (κ2) is 5.44. The van der Waals surface area contributed by atoms with Crippen molar-refractivity contribution in [1.29, 1.82) is 5.26 Å². The molecule has 0 radical (unpaired) electrons. The number of anilines is 1. The molecule has 0 atom stereocenters. The lowest BCUT2D eigenvalue weighted by Crippen LogP contribution is -2.00. The summed E-state index contributed by atoms with van der Waals surface area (Å²) >= 11 is 0. The van der Waals surface area contributed by atoms with Gasteiger partial charge in [0.25, 0.3) is 0 Å². The molecular formula is C17H11N7. The Hall–Kier alpha value is -3.79. The first-order chi connectivity index (χ1) is 11.8. The number of rotatable bonds is 2. The van der Waals surface area contributed by atoms with Gasteiger partial charge in [0.05, 0.1) is 5.69 Å². The van der Waals surface area contributed by atoms with E-state index in [9.17, 15) is 5.26 Å². The van der Waals surface area contributed by atoms with Gasteiger partial charge in [0.1, 0.15) is 23.8 Å². The molecule has 0 saturated carbocycles. The smallest absolute Gasteiger partial charge is 0.155 e. The van der Waals surface area contributed by atoms with Crippen LogP contribution in [-0.2, 0) is 0 Å². The van der Waals surface area contributed by atoms with Crippen LogP contribution in [0.25, 0.3) is 28.0 Å². The van der Waals surface area contributed by atoms with Crippen LogP contribution in [0.5, 0.6) is 0 Å². The SMILES string of the molecule is N#Cc1c(-c2ccn3ncnc3c2)cc(-c2ccncc2)nc1N. The molecule has 7 heteroatoms. The molecule has 0 aliphatic carbocycles. The van der Waals surface area contributed by atoms with Gasteiger partial charge in [-0.15, -0.1) is 0 Å². The molecule has 0 unspecified atom stereocenters. The van der Waals surface area contributed by atoms with Gasteiger partial charge in [-0.3, -0.25) is 4.98 Å². The van der Waals surface area contributed by atoms with Crippen molar-refractivity contribution in [2.24, 2.45) is 0 Å². The Kier molecular flexibility index (Phi) is 3.14. The number of nitrogen functional groups attached to an aromatic ring is 1. The summed E-state index contributed by atoms with van der Waals surface area (Å²) in [6, 6.07) is 11.4. The minimum atomic E-state index is 0.197. The summed E-state index contributed by atoms with van der Waals surface area (Å²) in [5.41, 5.74) is 10.2. The van der Waals surface area contributed by atoms with Gasteiger partial charge in [-0.25, -0.2) is 14.5 Å². The van der Waals surface area contributed by atoms with Gasteiger partial charge in [-0.2, -0.15) is 10.4 Å². The molecule has 0 saturated heterocycles. The Morgan fingerprint density at radius 3 is 2.71 bits per heavy atom. The van der Waals surface area contributed by atoms with E-state index in [2.05, 4.69) is 26.1 Å². The summed E-state index contributed by atoms with van der Waals surface area (Å²) in [5.74, 6) is 0.197. The standard InChI is InChI=1S/C17H11N7/c18-9-14-13(12-3-6-24-16(7-12)21-10-22-24)8-15(23-17(14)19)11-1-4-20-5-2-11/h1-8,10H,(H2,19,23). The lowest BCUT2D eigenvalue weighted by Gasteiger charge is -2.10. The molecule has 7 nitrogen and oxygen atoms in total. The van der Waals surface area contributed by atoms with Crippen LogP contribution in [0.1, 0.15) is 5.56 Å². The Labute approximate surface area is 137 Å². The van der Waals surface area contributed by atoms with Gasteiger partial charge in [0.2, 0.25) is 0 Å². The maximum Gasteiger partial charge on any atom is 0.155 e. The van der Waals surface area contributed by atoms with Gasteiger partial charge in [-0.05, 0) is 35.9 Å². The van der Waals surface area contributed by atoms with Crippen molar-refractivity contribution in [3.63, 3.8) is 0 Å². The van der Waals surface area contributed by atoms with E-state index in [-0.39, 0.29) is 5.82 Å². The van der Waals surface area contributed by atoms with Crippen molar-refractivity contribution in [2.45, 2.75) is 0 Å². The van der Waals surface area contributed by atoms with Gasteiger partial charge < -0.3 is 5.73 Å². The lowest BCUT2D eigenvalue weighted by molar-refractivity contribution is 0.962. The number of hydrogen-bond acceptors (Lipinski definition) is 6. The zero-order chi connectivity index (χ0) is 16.5. The molecule has 0 amide bonds. The first-order valence-electron chi connectivity index (χ1n) is 7.17. The molecule has 4 aromatic rings. The van der Waals surface area contributed by atoms with E-state index < -0.39 is 0 Å². The zero-order valence-corrected chi connectivity index (χ0v) is 12.5. The molecular weight excluding hydrogens is 302 g/mol. The first-order valence-corrected chi connectivity index (χ1v) is 7.17. The lowest BCUT2D eigenvalue weighted by atomic mass is 9.99. The highest BCUT2D eigenvalue weighted by molar-refractivity contribution is 5.81. The molecule has 0 aliphatic rings. The molecule has 2 N–H and O–H groups in total. The van der Waals surface area contributed by atoms with E-state index >= 15 is 0 Å². The van der Waals surface area contributed by atoms with Crippen molar-refractivity contribution < 1.29 is 0 Å². The van der Waals surface area contributed by atoms with E-state index in [1.54, 1.807) is 23.1 Å². The van der Waals surface area contributed by atoms with Gasteiger partial charge >= 0.3 is 0 Å². The van der Waals surface area contributed by atoms with Crippen molar-refractivity contribution in [2.75, 3.05) is 5.73 Å². The average Bonchev–Trinajstić information content (AvgIpc) is 3.09. The van der Waals surface area contributed by atoms with E-state index in [4.69, 9.17) is 5.73 Å². The fourth-order valence-corrected chi connectivity index (χ4v) is 2.56.